The minimum Gasteiger partial charge on any atom is -0.338 e. The van der Waals surface area contributed by atoms with E-state index >= 15 is 0 Å². The lowest BCUT2D eigenvalue weighted by Crippen LogP contribution is -2.22. The van der Waals surface area contributed by atoms with Crippen LogP contribution in [0.5, 0.6) is 0 Å². The van der Waals surface area contributed by atoms with E-state index in [4.69, 9.17) is 0 Å². The van der Waals surface area contributed by atoms with Crippen LogP contribution in [0, 0.1) is 11.3 Å². The minimum atomic E-state index is -0.431. The van der Waals surface area contributed by atoms with Crippen molar-refractivity contribution in [1.82, 2.24) is 20.2 Å². The number of thioether (sulfide) groups is 1. The summed E-state index contributed by atoms with van der Waals surface area (Å²) in [6.07, 6.45) is 4.13. The zero-order valence-electron chi connectivity index (χ0n) is 16.2. The molecular weight excluding hydrogens is 416 g/mol. The summed E-state index contributed by atoms with van der Waals surface area (Å²) in [4.78, 5) is 21.8. The molecule has 0 bridgehead atoms. The number of nitrogens with zero attached hydrogens (tertiary/aromatic N) is 4. The molecular formula is C21H18N6OS2. The predicted octanol–water partition coefficient (Wildman–Crippen LogP) is 4.44. The first kappa shape index (κ1) is 19.0. The molecule has 1 aliphatic rings. The second-order valence-corrected chi connectivity index (χ2v) is 9.65. The maximum atomic E-state index is 12.8. The van der Waals surface area contributed by atoms with Crippen LogP contribution >= 0.6 is 23.1 Å². The van der Waals surface area contributed by atoms with E-state index in [1.165, 1.54) is 28.0 Å². The van der Waals surface area contributed by atoms with Crippen LogP contribution in [0.1, 0.15) is 35.8 Å². The molecule has 1 amide bonds. The number of aryl methyl sites for hydroxylation is 1. The van der Waals surface area contributed by atoms with Gasteiger partial charge in [0.15, 0.2) is 5.65 Å². The molecule has 2 N–H and O–H groups in total. The Kier molecular flexibility index (Phi) is 4.89. The normalized spacial score (nSPS) is 14.4. The fourth-order valence-corrected chi connectivity index (χ4v) is 5.71. The van der Waals surface area contributed by atoms with Gasteiger partial charge in [-0.3, -0.25) is 4.79 Å². The van der Waals surface area contributed by atoms with Crippen molar-refractivity contribution >= 4 is 56.1 Å². The van der Waals surface area contributed by atoms with Crippen molar-refractivity contribution in [1.29, 1.82) is 5.26 Å². The van der Waals surface area contributed by atoms with Crippen molar-refractivity contribution in [2.24, 2.45) is 0 Å². The molecule has 1 unspecified atom stereocenters. The number of anilines is 1. The van der Waals surface area contributed by atoms with Crippen molar-refractivity contribution in [3.05, 3.63) is 40.3 Å². The molecule has 4 aromatic rings. The summed E-state index contributed by atoms with van der Waals surface area (Å²) in [5, 5.41) is 22.7. The third-order valence-electron chi connectivity index (χ3n) is 5.27. The molecule has 5 rings (SSSR count). The van der Waals surface area contributed by atoms with Gasteiger partial charge in [0.05, 0.1) is 10.8 Å². The topological polar surface area (TPSA) is 107 Å². The number of para-hydroxylation sites is 1. The molecule has 9 heteroatoms. The largest absolute Gasteiger partial charge is 0.338 e. The second kappa shape index (κ2) is 7.70. The van der Waals surface area contributed by atoms with Crippen molar-refractivity contribution in [3.63, 3.8) is 0 Å². The minimum absolute atomic E-state index is 0.171. The molecule has 0 saturated heterocycles. The molecule has 0 fully saturated rings. The summed E-state index contributed by atoms with van der Waals surface area (Å²) in [6, 6.07) is 10.1. The summed E-state index contributed by atoms with van der Waals surface area (Å²) in [7, 11) is 0. The number of hydrogen-bond acceptors (Lipinski definition) is 7. The average molecular weight is 435 g/mol. The summed E-state index contributed by atoms with van der Waals surface area (Å²) < 4.78 is 0. The van der Waals surface area contributed by atoms with Crippen LogP contribution in [0.25, 0.3) is 22.1 Å². The molecule has 3 heterocycles. The van der Waals surface area contributed by atoms with Gasteiger partial charge in [-0.1, -0.05) is 30.0 Å². The van der Waals surface area contributed by atoms with E-state index in [1.54, 1.807) is 6.92 Å². The van der Waals surface area contributed by atoms with Crippen molar-refractivity contribution < 1.29 is 4.79 Å². The Labute approximate surface area is 180 Å². The van der Waals surface area contributed by atoms with Gasteiger partial charge in [-0.25, -0.2) is 4.98 Å². The van der Waals surface area contributed by atoms with Gasteiger partial charge in [0.25, 0.3) is 0 Å². The van der Waals surface area contributed by atoms with Gasteiger partial charge in [-0.2, -0.15) is 5.26 Å². The highest BCUT2D eigenvalue weighted by atomic mass is 32.2. The maximum absolute atomic E-state index is 12.8. The number of amides is 1. The van der Waals surface area contributed by atoms with Gasteiger partial charge < -0.3 is 10.3 Å². The Morgan fingerprint density at radius 2 is 2.13 bits per heavy atom. The fraction of sp³-hybridized carbons (Fsp3) is 0.286. The average Bonchev–Trinajstić information content (AvgIpc) is 3.30. The second-order valence-electron chi connectivity index (χ2n) is 7.24. The van der Waals surface area contributed by atoms with Crippen molar-refractivity contribution in [2.75, 3.05) is 5.32 Å². The van der Waals surface area contributed by atoms with Crippen LogP contribution in [-0.4, -0.2) is 31.3 Å². The molecule has 7 nitrogen and oxygen atoms in total. The van der Waals surface area contributed by atoms with Crippen LogP contribution in [0.15, 0.2) is 29.4 Å². The molecule has 0 radical (unpaired) electrons. The quantitative estimate of drug-likeness (QED) is 0.460. The standard InChI is InChI=1S/C21H18N6OS2/c1-11(19(28)25-20-14(10-22)12-6-3-5-9-16(12)30-20)29-21-24-18-17(26-27-21)13-7-2-4-8-15(13)23-18/h2,4,7-8,11H,3,5-6,9H2,1H3,(H,25,28)(H,23,24,27). The van der Waals surface area contributed by atoms with Crippen LogP contribution in [-0.2, 0) is 17.6 Å². The van der Waals surface area contributed by atoms with Crippen LogP contribution < -0.4 is 5.32 Å². The monoisotopic (exact) mass is 434 g/mol. The number of hydrogen-bond donors (Lipinski definition) is 2. The molecule has 1 aromatic carbocycles. The van der Waals surface area contributed by atoms with Gasteiger partial charge in [0.1, 0.15) is 16.6 Å². The number of rotatable bonds is 4. The van der Waals surface area contributed by atoms with Crippen molar-refractivity contribution in [3.8, 4) is 6.07 Å². The van der Waals surface area contributed by atoms with Gasteiger partial charge >= 0.3 is 0 Å². The van der Waals surface area contributed by atoms with Gasteiger partial charge in [-0.15, -0.1) is 21.5 Å². The van der Waals surface area contributed by atoms with Crippen LogP contribution in [0.2, 0.25) is 0 Å². The lowest BCUT2D eigenvalue weighted by molar-refractivity contribution is -0.115. The number of carbonyl (C=O) groups excluding carboxylic acids is 1. The summed E-state index contributed by atoms with van der Waals surface area (Å²) in [5.74, 6) is -0.171. The Morgan fingerprint density at radius 3 is 3.00 bits per heavy atom. The molecule has 0 saturated carbocycles. The van der Waals surface area contributed by atoms with E-state index in [0.717, 1.165) is 47.7 Å². The summed E-state index contributed by atoms with van der Waals surface area (Å²) >= 11 is 2.78. The first-order valence-corrected chi connectivity index (χ1v) is 11.5. The molecule has 3 aromatic heterocycles. The molecule has 1 atom stereocenters. The Hall–Kier alpha value is -2.96. The van der Waals surface area contributed by atoms with Gasteiger partial charge in [-0.05, 0) is 44.2 Å². The van der Waals surface area contributed by atoms with Crippen molar-refractivity contribution in [2.45, 2.75) is 43.0 Å². The van der Waals surface area contributed by atoms with Gasteiger partial charge in [0.2, 0.25) is 11.1 Å². The van der Waals surface area contributed by atoms with E-state index in [0.29, 0.717) is 21.4 Å². The highest BCUT2D eigenvalue weighted by Crippen LogP contribution is 2.38. The first-order chi connectivity index (χ1) is 14.6. The van der Waals surface area contributed by atoms with E-state index < -0.39 is 5.25 Å². The molecule has 150 valence electrons. The Balaban J connectivity index is 1.35. The van der Waals surface area contributed by atoms with E-state index in [1.807, 2.05) is 24.3 Å². The number of aromatic nitrogens is 4. The first-order valence-electron chi connectivity index (χ1n) is 9.77. The predicted molar refractivity (Wildman–Crippen MR) is 119 cm³/mol. The number of H-pyrrole nitrogens is 1. The third-order valence-corrected chi connectivity index (χ3v) is 7.43. The number of carbonyl (C=O) groups is 1. The van der Waals surface area contributed by atoms with Gasteiger partial charge in [0, 0.05) is 15.8 Å². The summed E-state index contributed by atoms with van der Waals surface area (Å²) in [5.41, 5.74) is 4.06. The Morgan fingerprint density at radius 1 is 1.30 bits per heavy atom. The lowest BCUT2D eigenvalue weighted by Gasteiger charge is -2.10. The lowest BCUT2D eigenvalue weighted by atomic mass is 9.96. The third kappa shape index (κ3) is 3.32. The number of aromatic amines is 1. The zero-order valence-corrected chi connectivity index (χ0v) is 17.9. The van der Waals surface area contributed by atoms with E-state index in [9.17, 15) is 10.1 Å². The number of benzene rings is 1. The number of nitrogens with one attached hydrogen (secondary N) is 2. The summed E-state index contributed by atoms with van der Waals surface area (Å²) in [6.45, 7) is 1.80. The Bertz CT molecular complexity index is 1320. The smallest absolute Gasteiger partial charge is 0.238 e. The van der Waals surface area contributed by atoms with Crippen LogP contribution in [0.4, 0.5) is 5.00 Å². The number of fused-ring (bicyclic) bond motifs is 4. The van der Waals surface area contributed by atoms with Crippen LogP contribution in [0.3, 0.4) is 0 Å². The molecule has 30 heavy (non-hydrogen) atoms. The zero-order chi connectivity index (χ0) is 20.7. The SMILES string of the molecule is CC(Sc1nnc2c(n1)[nH]c1ccccc12)C(=O)Nc1sc2c(c1C#N)CCCC2. The molecule has 1 aliphatic carbocycles. The fourth-order valence-electron chi connectivity index (χ4n) is 3.75. The van der Waals surface area contributed by atoms with E-state index in [2.05, 4.69) is 31.6 Å². The molecule has 0 aliphatic heterocycles. The maximum Gasteiger partial charge on any atom is 0.238 e. The molecule has 0 spiro atoms. The number of nitriles is 1. The van der Waals surface area contributed by atoms with E-state index in [-0.39, 0.29) is 5.91 Å². The highest BCUT2D eigenvalue weighted by Gasteiger charge is 2.24. The highest BCUT2D eigenvalue weighted by molar-refractivity contribution is 8.00. The number of thiophene rings is 1.